The Labute approximate surface area is 119 Å². The van der Waals surface area contributed by atoms with Gasteiger partial charge < -0.3 is 10.6 Å². The Kier molecular flexibility index (Phi) is 4.45. The monoisotopic (exact) mass is 280 g/mol. The van der Waals surface area contributed by atoms with Crippen LogP contribution in [0.15, 0.2) is 10.4 Å². The van der Waals surface area contributed by atoms with Crippen molar-refractivity contribution < 1.29 is 0 Å². The fourth-order valence-electron chi connectivity index (χ4n) is 1.63. The van der Waals surface area contributed by atoms with Gasteiger partial charge in [-0.25, -0.2) is 9.98 Å². The van der Waals surface area contributed by atoms with Crippen LogP contribution >= 0.6 is 11.3 Å². The van der Waals surface area contributed by atoms with Crippen molar-refractivity contribution in [2.75, 3.05) is 6.54 Å². The molecule has 5 heteroatoms. The molecule has 0 spiro atoms. The SMILES string of the molecule is CCNC(=NCc1csc(C(C)(C)C)n1)NC1CC1. The summed E-state index contributed by atoms with van der Waals surface area (Å²) in [6.07, 6.45) is 2.52. The van der Waals surface area contributed by atoms with Gasteiger partial charge >= 0.3 is 0 Å². The number of thiazole rings is 1. The lowest BCUT2D eigenvalue weighted by molar-refractivity contribution is 0.583. The summed E-state index contributed by atoms with van der Waals surface area (Å²) in [5.74, 6) is 0.912. The molecule has 0 saturated heterocycles. The van der Waals surface area contributed by atoms with Gasteiger partial charge in [-0.2, -0.15) is 0 Å². The Balaban J connectivity index is 1.96. The molecule has 1 aliphatic rings. The Morgan fingerprint density at radius 1 is 1.47 bits per heavy atom. The van der Waals surface area contributed by atoms with Crippen LogP contribution in [0.3, 0.4) is 0 Å². The third-order valence-electron chi connectivity index (χ3n) is 2.85. The molecule has 0 amide bonds. The highest BCUT2D eigenvalue weighted by Gasteiger charge is 2.22. The van der Waals surface area contributed by atoms with E-state index in [1.165, 1.54) is 17.8 Å². The molecule has 0 radical (unpaired) electrons. The van der Waals surface area contributed by atoms with Crippen LogP contribution in [0, 0.1) is 0 Å². The fourth-order valence-corrected chi connectivity index (χ4v) is 2.52. The normalized spacial score (nSPS) is 16.5. The number of guanidine groups is 1. The quantitative estimate of drug-likeness (QED) is 0.658. The van der Waals surface area contributed by atoms with Gasteiger partial charge in [0.25, 0.3) is 0 Å². The predicted octanol–water partition coefficient (Wildman–Crippen LogP) is 2.66. The van der Waals surface area contributed by atoms with Gasteiger partial charge in [0, 0.05) is 23.4 Å². The average Bonchev–Trinajstić information content (AvgIpc) is 3.00. The molecule has 1 aromatic heterocycles. The molecule has 0 aromatic carbocycles. The summed E-state index contributed by atoms with van der Waals surface area (Å²) < 4.78 is 0. The van der Waals surface area contributed by atoms with Gasteiger partial charge in [-0.1, -0.05) is 20.8 Å². The second kappa shape index (κ2) is 5.90. The van der Waals surface area contributed by atoms with Gasteiger partial charge in [0.2, 0.25) is 0 Å². The van der Waals surface area contributed by atoms with Crippen molar-refractivity contribution >= 4 is 17.3 Å². The molecule has 0 aliphatic heterocycles. The average molecular weight is 280 g/mol. The molecule has 1 aromatic rings. The van der Waals surface area contributed by atoms with Crippen LogP contribution in [0.25, 0.3) is 0 Å². The molecular formula is C14H24N4S. The van der Waals surface area contributed by atoms with Crippen molar-refractivity contribution in [1.29, 1.82) is 0 Å². The highest BCUT2D eigenvalue weighted by Crippen LogP contribution is 2.25. The van der Waals surface area contributed by atoms with E-state index in [0.29, 0.717) is 12.6 Å². The second-order valence-corrected chi connectivity index (χ2v) is 6.87. The molecule has 106 valence electrons. The molecule has 2 N–H and O–H groups in total. The van der Waals surface area contributed by atoms with Crippen molar-refractivity contribution in [2.24, 2.45) is 4.99 Å². The summed E-state index contributed by atoms with van der Waals surface area (Å²) >= 11 is 1.73. The first kappa shape index (κ1) is 14.3. The summed E-state index contributed by atoms with van der Waals surface area (Å²) in [5, 5.41) is 9.98. The predicted molar refractivity (Wildman–Crippen MR) is 81.8 cm³/mol. The Bertz CT molecular complexity index is 441. The van der Waals surface area contributed by atoms with Crippen molar-refractivity contribution in [1.82, 2.24) is 15.6 Å². The third-order valence-corrected chi connectivity index (χ3v) is 4.17. The maximum absolute atomic E-state index is 4.66. The van der Waals surface area contributed by atoms with E-state index in [2.05, 4.69) is 53.7 Å². The molecular weight excluding hydrogens is 256 g/mol. The van der Waals surface area contributed by atoms with Crippen LogP contribution in [-0.4, -0.2) is 23.5 Å². The first-order chi connectivity index (χ1) is 8.99. The smallest absolute Gasteiger partial charge is 0.191 e. The number of rotatable bonds is 4. The first-order valence-electron chi connectivity index (χ1n) is 6.98. The molecule has 4 nitrogen and oxygen atoms in total. The van der Waals surface area contributed by atoms with E-state index < -0.39 is 0 Å². The Morgan fingerprint density at radius 3 is 2.74 bits per heavy atom. The van der Waals surface area contributed by atoms with Crippen molar-refractivity contribution in [3.63, 3.8) is 0 Å². The first-order valence-corrected chi connectivity index (χ1v) is 7.86. The molecule has 0 unspecified atom stereocenters. The van der Waals surface area contributed by atoms with E-state index in [4.69, 9.17) is 0 Å². The highest BCUT2D eigenvalue weighted by atomic mass is 32.1. The maximum atomic E-state index is 4.66. The van der Waals surface area contributed by atoms with E-state index in [-0.39, 0.29) is 5.41 Å². The molecule has 0 atom stereocenters. The lowest BCUT2D eigenvalue weighted by Crippen LogP contribution is -2.38. The molecule has 0 bridgehead atoms. The molecule has 1 aliphatic carbocycles. The lowest BCUT2D eigenvalue weighted by Gasteiger charge is -2.13. The summed E-state index contributed by atoms with van der Waals surface area (Å²) in [5.41, 5.74) is 1.19. The number of aromatic nitrogens is 1. The number of hydrogen-bond acceptors (Lipinski definition) is 3. The van der Waals surface area contributed by atoms with Gasteiger partial charge in [-0.15, -0.1) is 11.3 Å². The van der Waals surface area contributed by atoms with Crippen molar-refractivity contribution in [3.8, 4) is 0 Å². The summed E-state index contributed by atoms with van der Waals surface area (Å²) in [4.78, 5) is 9.26. The van der Waals surface area contributed by atoms with Crippen LogP contribution in [0.5, 0.6) is 0 Å². The van der Waals surface area contributed by atoms with Gasteiger partial charge in [-0.05, 0) is 19.8 Å². The lowest BCUT2D eigenvalue weighted by atomic mass is 9.98. The van der Waals surface area contributed by atoms with E-state index in [0.717, 1.165) is 18.2 Å². The minimum atomic E-state index is 0.128. The Hall–Kier alpha value is -1.10. The second-order valence-electron chi connectivity index (χ2n) is 6.01. The zero-order valence-electron chi connectivity index (χ0n) is 12.3. The van der Waals surface area contributed by atoms with E-state index in [1.807, 2.05) is 0 Å². The fraction of sp³-hybridized carbons (Fsp3) is 0.714. The van der Waals surface area contributed by atoms with Gasteiger partial charge in [-0.3, -0.25) is 0 Å². The van der Waals surface area contributed by atoms with Crippen LogP contribution < -0.4 is 10.6 Å². The molecule has 1 heterocycles. The van der Waals surface area contributed by atoms with Crippen LogP contribution in [0.4, 0.5) is 0 Å². The Morgan fingerprint density at radius 2 is 2.21 bits per heavy atom. The molecule has 1 fully saturated rings. The third kappa shape index (κ3) is 4.49. The standard InChI is InChI=1S/C14H24N4S/c1-5-15-13(18-10-6-7-10)16-8-11-9-19-12(17-11)14(2,3)4/h9-10H,5-8H2,1-4H3,(H2,15,16,18). The van der Waals surface area contributed by atoms with Crippen LogP contribution in [0.1, 0.15) is 51.2 Å². The summed E-state index contributed by atoms with van der Waals surface area (Å²) in [6, 6.07) is 0.623. The molecule has 19 heavy (non-hydrogen) atoms. The zero-order valence-corrected chi connectivity index (χ0v) is 13.1. The van der Waals surface area contributed by atoms with E-state index >= 15 is 0 Å². The van der Waals surface area contributed by atoms with Crippen molar-refractivity contribution in [3.05, 3.63) is 16.1 Å². The largest absolute Gasteiger partial charge is 0.357 e. The van der Waals surface area contributed by atoms with Crippen LogP contribution in [0.2, 0.25) is 0 Å². The van der Waals surface area contributed by atoms with E-state index in [9.17, 15) is 0 Å². The van der Waals surface area contributed by atoms with Gasteiger partial charge in [0.1, 0.15) is 0 Å². The number of nitrogens with zero attached hydrogens (tertiary/aromatic N) is 2. The highest BCUT2D eigenvalue weighted by molar-refractivity contribution is 7.09. The van der Waals surface area contributed by atoms with E-state index in [1.54, 1.807) is 11.3 Å². The number of nitrogens with one attached hydrogen (secondary N) is 2. The summed E-state index contributed by atoms with van der Waals surface area (Å²) in [7, 11) is 0. The minimum absolute atomic E-state index is 0.128. The maximum Gasteiger partial charge on any atom is 0.191 e. The van der Waals surface area contributed by atoms with Crippen LogP contribution in [-0.2, 0) is 12.0 Å². The molecule has 2 rings (SSSR count). The molecule has 1 saturated carbocycles. The summed E-state index contributed by atoms with van der Waals surface area (Å²) in [6.45, 7) is 10.2. The van der Waals surface area contributed by atoms with Crippen molar-refractivity contribution in [2.45, 2.75) is 58.5 Å². The number of hydrogen-bond donors (Lipinski definition) is 2. The zero-order chi connectivity index (χ0) is 13.9. The number of aliphatic imine (C=N–C) groups is 1. The van der Waals surface area contributed by atoms with Gasteiger partial charge in [0.15, 0.2) is 5.96 Å². The minimum Gasteiger partial charge on any atom is -0.357 e. The topological polar surface area (TPSA) is 49.3 Å². The van der Waals surface area contributed by atoms with Gasteiger partial charge in [0.05, 0.1) is 17.2 Å².